The summed E-state index contributed by atoms with van der Waals surface area (Å²) >= 11 is 0. The van der Waals surface area contributed by atoms with Crippen molar-refractivity contribution in [1.82, 2.24) is 26.2 Å². The van der Waals surface area contributed by atoms with Gasteiger partial charge in [-0.1, -0.05) is 84.9 Å². The first-order valence-electron chi connectivity index (χ1n) is 16.2. The number of hydrogen-bond acceptors (Lipinski definition) is 6. The van der Waals surface area contributed by atoms with Gasteiger partial charge in [0.2, 0.25) is 17.6 Å². The van der Waals surface area contributed by atoms with Crippen molar-refractivity contribution in [1.29, 1.82) is 0 Å². The Balaban J connectivity index is 1.52. The monoisotopic (exact) mass is 635 g/mol. The summed E-state index contributed by atoms with van der Waals surface area (Å²) in [5.41, 5.74) is -0.466. The average molecular weight is 636 g/mol. The molecule has 4 rings (SSSR count). The Hall–Kier alpha value is -4.02. The van der Waals surface area contributed by atoms with Gasteiger partial charge in [0, 0.05) is 18.7 Å². The Bertz CT molecular complexity index is 1380. The fourth-order valence-corrected chi connectivity index (χ4v) is 6.72. The van der Waals surface area contributed by atoms with Gasteiger partial charge in [0.15, 0.2) is 5.78 Å². The third-order valence-electron chi connectivity index (χ3n) is 9.75. The number of amides is 5. The first kappa shape index (κ1) is 34.8. The molecule has 0 bridgehead atoms. The molecule has 2 aliphatic carbocycles. The zero-order valence-electron chi connectivity index (χ0n) is 28.0. The smallest absolute Gasteiger partial charge is 0.316 e. The molecular formula is C35H49N5O6. The Kier molecular flexibility index (Phi) is 10.1. The van der Waals surface area contributed by atoms with Crippen molar-refractivity contribution in [2.75, 3.05) is 13.1 Å². The molecule has 0 radical (unpaired) electrons. The number of rotatable bonds is 13. The predicted molar refractivity (Wildman–Crippen MR) is 173 cm³/mol. The number of nitrogens with one attached hydrogen (secondary N) is 4. The average Bonchev–Trinajstić information content (AvgIpc) is 3.87. The molecule has 3 aliphatic rings. The van der Waals surface area contributed by atoms with Gasteiger partial charge >= 0.3 is 6.03 Å². The van der Waals surface area contributed by atoms with Crippen molar-refractivity contribution < 1.29 is 28.8 Å². The molecule has 1 aromatic rings. The molecule has 1 heterocycles. The summed E-state index contributed by atoms with van der Waals surface area (Å²) in [5.74, 6) is -3.04. The number of carbonyl (C=O) groups excluding carboxylic acids is 6. The second-order valence-corrected chi connectivity index (χ2v) is 14.9. The Labute approximate surface area is 271 Å². The van der Waals surface area contributed by atoms with Gasteiger partial charge in [0.25, 0.3) is 5.91 Å². The van der Waals surface area contributed by atoms with Crippen molar-refractivity contribution in [2.45, 2.75) is 85.5 Å². The van der Waals surface area contributed by atoms with E-state index in [9.17, 15) is 28.8 Å². The third kappa shape index (κ3) is 7.34. The number of fused-ring (bicyclic) bond motifs is 1. The molecule has 0 aromatic heterocycles. The molecular weight excluding hydrogens is 586 g/mol. The molecule has 4 N–H and O–H groups in total. The van der Waals surface area contributed by atoms with Crippen LogP contribution in [0.5, 0.6) is 0 Å². The summed E-state index contributed by atoms with van der Waals surface area (Å²) in [4.78, 5) is 81.9. The number of nitrogens with zero attached hydrogens (tertiary/aromatic N) is 1. The molecule has 250 valence electrons. The van der Waals surface area contributed by atoms with E-state index in [4.69, 9.17) is 0 Å². The lowest BCUT2D eigenvalue weighted by molar-refractivity contribution is -0.145. The van der Waals surface area contributed by atoms with E-state index in [-0.39, 0.29) is 41.4 Å². The van der Waals surface area contributed by atoms with E-state index in [1.807, 2.05) is 40.7 Å². The number of urea groups is 1. The highest BCUT2D eigenvalue weighted by Gasteiger charge is 2.70. The molecule has 1 saturated heterocycles. The van der Waals surface area contributed by atoms with Crippen LogP contribution < -0.4 is 21.3 Å². The molecule has 3 fully saturated rings. The largest absolute Gasteiger partial charge is 0.346 e. The number of benzene rings is 1. The van der Waals surface area contributed by atoms with Crippen LogP contribution in [0.4, 0.5) is 4.79 Å². The zero-order valence-corrected chi connectivity index (χ0v) is 28.0. The highest BCUT2D eigenvalue weighted by molar-refractivity contribution is 6.38. The Morgan fingerprint density at radius 1 is 1.00 bits per heavy atom. The minimum absolute atomic E-state index is 0.0708. The molecule has 0 spiro atoms. The highest BCUT2D eigenvalue weighted by atomic mass is 16.2. The van der Waals surface area contributed by atoms with Crippen LogP contribution in [0.2, 0.25) is 0 Å². The summed E-state index contributed by atoms with van der Waals surface area (Å²) in [6.45, 7) is 17.3. The lowest BCUT2D eigenvalue weighted by atomic mass is 9.85. The van der Waals surface area contributed by atoms with Crippen molar-refractivity contribution in [3.05, 3.63) is 48.6 Å². The number of carbonyl (C=O) groups is 6. The van der Waals surface area contributed by atoms with Crippen LogP contribution in [0.3, 0.4) is 0 Å². The topological polar surface area (TPSA) is 154 Å². The minimum atomic E-state index is -1.02. The quantitative estimate of drug-likeness (QED) is 0.149. The van der Waals surface area contributed by atoms with Crippen LogP contribution in [-0.4, -0.2) is 77.5 Å². The molecule has 1 aromatic carbocycles. The van der Waals surface area contributed by atoms with E-state index in [0.29, 0.717) is 24.9 Å². The second-order valence-electron chi connectivity index (χ2n) is 14.9. The first-order chi connectivity index (χ1) is 21.5. The van der Waals surface area contributed by atoms with Crippen molar-refractivity contribution in [2.24, 2.45) is 34.5 Å². The van der Waals surface area contributed by atoms with Crippen LogP contribution in [0, 0.1) is 34.5 Å². The fraction of sp³-hybridized carbons (Fsp3) is 0.600. The van der Waals surface area contributed by atoms with E-state index >= 15 is 0 Å². The second kappa shape index (κ2) is 13.4. The summed E-state index contributed by atoms with van der Waals surface area (Å²) in [7, 11) is 0. The summed E-state index contributed by atoms with van der Waals surface area (Å²) in [5, 5.41) is 10.9. The van der Waals surface area contributed by atoms with Crippen molar-refractivity contribution in [3.8, 4) is 0 Å². The Morgan fingerprint density at radius 3 is 2.17 bits per heavy atom. The number of piperidine rings is 1. The fourth-order valence-electron chi connectivity index (χ4n) is 6.72. The van der Waals surface area contributed by atoms with E-state index in [1.165, 1.54) is 11.0 Å². The van der Waals surface area contributed by atoms with Crippen molar-refractivity contribution >= 4 is 35.3 Å². The number of hydrogen-bond donors (Lipinski definition) is 4. The summed E-state index contributed by atoms with van der Waals surface area (Å²) in [6.07, 6.45) is 2.90. The van der Waals surface area contributed by atoms with E-state index in [2.05, 4.69) is 41.7 Å². The molecule has 2 saturated carbocycles. The van der Waals surface area contributed by atoms with E-state index in [1.54, 1.807) is 24.3 Å². The third-order valence-corrected chi connectivity index (χ3v) is 9.75. The van der Waals surface area contributed by atoms with Gasteiger partial charge in [0.05, 0.1) is 6.04 Å². The Morgan fingerprint density at radius 2 is 1.63 bits per heavy atom. The van der Waals surface area contributed by atoms with Crippen LogP contribution in [0.1, 0.15) is 71.7 Å². The number of ketones is 2. The van der Waals surface area contributed by atoms with Gasteiger partial charge < -0.3 is 26.2 Å². The van der Waals surface area contributed by atoms with Gasteiger partial charge in [-0.3, -0.25) is 24.0 Å². The highest BCUT2D eigenvalue weighted by Crippen LogP contribution is 2.65. The normalized spacial score (nSPS) is 23.3. The van der Waals surface area contributed by atoms with Crippen LogP contribution in [0.15, 0.2) is 43.0 Å². The van der Waals surface area contributed by atoms with Crippen LogP contribution in [-0.2, 0) is 19.2 Å². The number of Topliss-reactive ketones (excluding diaryl/α,β-unsaturated/α-hetero) is 2. The van der Waals surface area contributed by atoms with Gasteiger partial charge in [-0.15, -0.1) is 6.58 Å². The van der Waals surface area contributed by atoms with Gasteiger partial charge in [0.1, 0.15) is 18.1 Å². The predicted octanol–water partition coefficient (Wildman–Crippen LogP) is 2.86. The molecule has 1 unspecified atom stereocenters. The van der Waals surface area contributed by atoms with Crippen LogP contribution in [0.25, 0.3) is 0 Å². The standard InChI is InChI=1S/C35H49N5O6/c1-9-17-36-31(44)28(42)25(20-15-16-20)37-30(43)26-23-22(35(23,7)8)18-40(26)32(45)29(34(4,5)6)39-33(46)38-24(19(2)3)27(41)21-13-11-10-12-14-21/h9-14,19-20,22-26,29H,1,15-18H2,2-8H3,(H,36,44)(H,37,43)(H2,38,39,46)/t22-,23-,24-,25?,26-,29+/m0/s1. The molecule has 5 amide bonds. The lowest BCUT2D eigenvalue weighted by Crippen LogP contribution is -2.62. The van der Waals surface area contributed by atoms with Gasteiger partial charge in [-0.05, 0) is 47.3 Å². The summed E-state index contributed by atoms with van der Waals surface area (Å²) < 4.78 is 0. The maximum absolute atomic E-state index is 14.3. The molecule has 11 nitrogen and oxygen atoms in total. The van der Waals surface area contributed by atoms with Gasteiger partial charge in [-0.2, -0.15) is 0 Å². The minimum Gasteiger partial charge on any atom is -0.346 e. The van der Waals surface area contributed by atoms with Crippen LogP contribution >= 0.6 is 0 Å². The van der Waals surface area contributed by atoms with Crippen molar-refractivity contribution in [3.63, 3.8) is 0 Å². The number of likely N-dealkylation sites (tertiary alicyclic amines) is 1. The molecule has 6 atom stereocenters. The van der Waals surface area contributed by atoms with E-state index < -0.39 is 59.1 Å². The SMILES string of the molecule is C=CCNC(=O)C(=O)C(NC(=O)[C@@H]1[C@@H]2[C@H](CN1C(=O)[C@@H](NC(=O)N[C@H](C(=O)c1ccccc1)C(C)C)C(C)(C)C)C2(C)C)C1CC1. The molecule has 1 aliphatic heterocycles. The maximum atomic E-state index is 14.3. The maximum Gasteiger partial charge on any atom is 0.316 e. The lowest BCUT2D eigenvalue weighted by Gasteiger charge is -2.38. The first-order valence-corrected chi connectivity index (χ1v) is 16.2. The molecule has 46 heavy (non-hydrogen) atoms. The zero-order chi connectivity index (χ0) is 34.1. The summed E-state index contributed by atoms with van der Waals surface area (Å²) in [6, 6.07) is 4.37. The van der Waals surface area contributed by atoms with E-state index in [0.717, 1.165) is 0 Å². The van der Waals surface area contributed by atoms with Gasteiger partial charge in [-0.25, -0.2) is 4.79 Å². The molecule has 11 heteroatoms.